The molecule has 2 aliphatic rings. The van der Waals surface area contributed by atoms with Gasteiger partial charge in [-0.1, -0.05) is 6.07 Å². The van der Waals surface area contributed by atoms with Crippen molar-refractivity contribution in [2.45, 2.75) is 21.5 Å². The van der Waals surface area contributed by atoms with Crippen LogP contribution in [0.1, 0.15) is 6.42 Å². The van der Waals surface area contributed by atoms with Crippen molar-refractivity contribution in [3.05, 3.63) is 42.5 Å². The summed E-state index contributed by atoms with van der Waals surface area (Å²) in [5.41, 5.74) is 0.231. The lowest BCUT2D eigenvalue weighted by atomic mass is 10.3. The van der Waals surface area contributed by atoms with Gasteiger partial charge < -0.3 is 9.47 Å². The molecule has 0 bridgehead atoms. The molecule has 0 radical (unpaired) electrons. The van der Waals surface area contributed by atoms with Gasteiger partial charge in [-0.05, 0) is 36.8 Å². The first-order chi connectivity index (χ1) is 14.1. The molecule has 0 saturated carbocycles. The third-order valence-corrected chi connectivity index (χ3v) is 10.4. The van der Waals surface area contributed by atoms with Crippen LogP contribution in [0, 0.1) is 0 Å². The molecule has 2 aliphatic heterocycles. The molecular weight excluding hydrogens is 454 g/mol. The molecule has 9 nitrogen and oxygen atoms in total. The normalized spacial score (nSPS) is 20.6. The molecule has 4 rings (SSSR count). The van der Waals surface area contributed by atoms with Gasteiger partial charge in [-0.15, -0.1) is 0 Å². The van der Waals surface area contributed by atoms with Crippen molar-refractivity contribution in [3.8, 4) is 11.5 Å². The predicted molar refractivity (Wildman–Crippen MR) is 109 cm³/mol. The van der Waals surface area contributed by atoms with Crippen LogP contribution in [0.4, 0.5) is 5.69 Å². The molecule has 162 valence electrons. The van der Waals surface area contributed by atoms with E-state index in [4.69, 9.17) is 9.47 Å². The molecule has 1 atom stereocenters. The molecule has 1 fully saturated rings. The topological polar surface area (TPSA) is 133 Å². The maximum atomic E-state index is 12.8. The Kier molecular flexibility index (Phi) is 5.19. The first-order valence-electron chi connectivity index (χ1n) is 9.04. The summed E-state index contributed by atoms with van der Waals surface area (Å²) in [4.78, 5) is -0.478. The van der Waals surface area contributed by atoms with E-state index in [0.717, 1.165) is 6.07 Å². The number of sulfone groups is 2. The number of rotatable bonds is 5. The lowest BCUT2D eigenvalue weighted by molar-refractivity contribution is 0.171. The highest BCUT2D eigenvalue weighted by Gasteiger charge is 2.38. The van der Waals surface area contributed by atoms with Gasteiger partial charge in [0.05, 0.1) is 32.2 Å². The van der Waals surface area contributed by atoms with E-state index in [9.17, 15) is 25.3 Å². The second kappa shape index (κ2) is 7.43. The summed E-state index contributed by atoms with van der Waals surface area (Å²) in [6, 6.07) is 9.46. The molecule has 1 N–H and O–H groups in total. The van der Waals surface area contributed by atoms with Gasteiger partial charge in [0.1, 0.15) is 13.2 Å². The fraction of sp³-hybridized carbons (Fsp3) is 0.333. The Morgan fingerprint density at radius 3 is 2.30 bits per heavy atom. The molecule has 0 spiro atoms. The van der Waals surface area contributed by atoms with Gasteiger partial charge in [0.25, 0.3) is 10.0 Å². The van der Waals surface area contributed by atoms with E-state index in [1.165, 1.54) is 30.3 Å². The zero-order valence-electron chi connectivity index (χ0n) is 15.6. The van der Waals surface area contributed by atoms with Crippen LogP contribution < -0.4 is 14.2 Å². The molecular formula is C18H19NO8S3. The van der Waals surface area contributed by atoms with Crippen molar-refractivity contribution in [1.82, 2.24) is 0 Å². The third kappa shape index (κ3) is 4.12. The number of anilines is 1. The minimum absolute atomic E-state index is 0.00289. The molecule has 12 heteroatoms. The smallest absolute Gasteiger partial charge is 0.261 e. The summed E-state index contributed by atoms with van der Waals surface area (Å²) in [6.07, 6.45) is -0.00289. The van der Waals surface area contributed by atoms with E-state index in [0.29, 0.717) is 24.7 Å². The Bertz CT molecular complexity index is 1300. The van der Waals surface area contributed by atoms with E-state index in [1.807, 2.05) is 0 Å². The van der Waals surface area contributed by atoms with Gasteiger partial charge in [-0.25, -0.2) is 25.3 Å². The summed E-state index contributed by atoms with van der Waals surface area (Å²) in [5, 5.41) is -1.08. The Morgan fingerprint density at radius 2 is 1.60 bits per heavy atom. The van der Waals surface area contributed by atoms with Gasteiger partial charge >= 0.3 is 0 Å². The standard InChI is InChI=1S/C18H19NO8S3/c20-28(21)9-6-16(12-28)29(22,23)14-2-1-3-15(11-14)30(24,25)19-13-4-5-17-18(10-13)27-8-7-26-17/h1-5,10-11,16,19H,6-9,12H2. The minimum Gasteiger partial charge on any atom is -0.486 e. The quantitative estimate of drug-likeness (QED) is 0.685. The van der Waals surface area contributed by atoms with Crippen LogP contribution in [0.3, 0.4) is 0 Å². The number of ether oxygens (including phenoxy) is 2. The highest BCUT2D eigenvalue weighted by molar-refractivity contribution is 7.96. The highest BCUT2D eigenvalue weighted by atomic mass is 32.2. The Labute approximate surface area is 174 Å². The lowest BCUT2D eigenvalue weighted by Crippen LogP contribution is -2.23. The number of hydrogen-bond acceptors (Lipinski definition) is 8. The Balaban J connectivity index is 1.61. The molecule has 0 aromatic heterocycles. The predicted octanol–water partition coefficient (Wildman–Crippen LogP) is 1.22. The Hall–Kier alpha value is -2.31. The van der Waals surface area contributed by atoms with Crippen molar-refractivity contribution < 1.29 is 34.7 Å². The van der Waals surface area contributed by atoms with Crippen molar-refractivity contribution in [2.75, 3.05) is 29.4 Å². The third-order valence-electron chi connectivity index (χ3n) is 4.87. The van der Waals surface area contributed by atoms with E-state index in [-0.39, 0.29) is 27.7 Å². The lowest BCUT2D eigenvalue weighted by Gasteiger charge is -2.19. The molecule has 1 unspecified atom stereocenters. The zero-order valence-corrected chi connectivity index (χ0v) is 18.1. The summed E-state index contributed by atoms with van der Waals surface area (Å²) in [7, 11) is -11.5. The largest absolute Gasteiger partial charge is 0.486 e. The summed E-state index contributed by atoms with van der Waals surface area (Å²) >= 11 is 0. The van der Waals surface area contributed by atoms with Crippen LogP contribution in [-0.4, -0.2) is 55.2 Å². The first-order valence-corrected chi connectivity index (χ1v) is 13.9. The molecule has 0 aliphatic carbocycles. The maximum absolute atomic E-state index is 12.8. The summed E-state index contributed by atoms with van der Waals surface area (Å²) in [5.74, 6) is 0.256. The van der Waals surface area contributed by atoms with E-state index in [2.05, 4.69) is 4.72 Å². The summed E-state index contributed by atoms with van der Waals surface area (Å²) < 4.78 is 87.8. The number of nitrogens with one attached hydrogen (secondary N) is 1. The Morgan fingerprint density at radius 1 is 0.900 bits per heavy atom. The number of hydrogen-bond donors (Lipinski definition) is 1. The molecule has 0 amide bonds. The van der Waals surface area contributed by atoms with Crippen LogP contribution in [0.5, 0.6) is 11.5 Å². The number of sulfonamides is 1. The fourth-order valence-corrected chi connectivity index (χ4v) is 8.91. The van der Waals surface area contributed by atoms with Crippen LogP contribution in [-0.2, 0) is 29.7 Å². The van der Waals surface area contributed by atoms with Crippen LogP contribution in [0.25, 0.3) is 0 Å². The first kappa shape index (κ1) is 20.9. The fourth-order valence-electron chi connectivity index (χ4n) is 3.34. The average Bonchev–Trinajstić information content (AvgIpc) is 3.08. The van der Waals surface area contributed by atoms with Gasteiger partial charge in [-0.3, -0.25) is 4.72 Å². The highest BCUT2D eigenvalue weighted by Crippen LogP contribution is 2.33. The maximum Gasteiger partial charge on any atom is 0.261 e. The average molecular weight is 474 g/mol. The van der Waals surface area contributed by atoms with Crippen LogP contribution in [0.2, 0.25) is 0 Å². The monoisotopic (exact) mass is 473 g/mol. The molecule has 1 saturated heterocycles. The second-order valence-electron chi connectivity index (χ2n) is 7.01. The molecule has 2 heterocycles. The van der Waals surface area contributed by atoms with Crippen molar-refractivity contribution >= 4 is 35.4 Å². The van der Waals surface area contributed by atoms with Crippen molar-refractivity contribution in [1.29, 1.82) is 0 Å². The number of fused-ring (bicyclic) bond motifs is 1. The van der Waals surface area contributed by atoms with Crippen molar-refractivity contribution in [3.63, 3.8) is 0 Å². The van der Waals surface area contributed by atoms with Crippen LogP contribution >= 0.6 is 0 Å². The van der Waals surface area contributed by atoms with E-state index >= 15 is 0 Å². The van der Waals surface area contributed by atoms with Gasteiger partial charge in [0.15, 0.2) is 31.2 Å². The van der Waals surface area contributed by atoms with Gasteiger partial charge in [-0.2, -0.15) is 0 Å². The molecule has 2 aromatic carbocycles. The van der Waals surface area contributed by atoms with Crippen LogP contribution in [0.15, 0.2) is 52.3 Å². The van der Waals surface area contributed by atoms with Gasteiger partial charge in [0, 0.05) is 6.07 Å². The molecule has 2 aromatic rings. The summed E-state index contributed by atoms with van der Waals surface area (Å²) in [6.45, 7) is 0.752. The van der Waals surface area contributed by atoms with Crippen molar-refractivity contribution in [2.24, 2.45) is 0 Å². The number of benzene rings is 2. The second-order valence-corrected chi connectivity index (χ2v) is 13.1. The SMILES string of the molecule is O=S1(=O)CCC(S(=O)(=O)c2cccc(S(=O)(=O)Nc3ccc4c(c3)OCCO4)c2)C1. The van der Waals surface area contributed by atoms with E-state index < -0.39 is 40.7 Å². The zero-order chi connectivity index (χ0) is 21.6. The van der Waals surface area contributed by atoms with E-state index in [1.54, 1.807) is 6.07 Å². The molecule has 30 heavy (non-hydrogen) atoms. The van der Waals surface area contributed by atoms with Gasteiger partial charge in [0.2, 0.25) is 0 Å². The minimum atomic E-state index is -4.10.